The number of carbonyl (C=O) groups excluding carboxylic acids is 1. The lowest BCUT2D eigenvalue weighted by Gasteiger charge is -2.26. The Bertz CT molecular complexity index is 546. The van der Waals surface area contributed by atoms with Crippen LogP contribution in [-0.2, 0) is 4.79 Å². The van der Waals surface area contributed by atoms with E-state index in [1.54, 1.807) is 19.1 Å². The number of hydrogen-bond donors (Lipinski definition) is 2. The molecule has 2 N–H and O–H groups in total. The molecule has 0 aliphatic heterocycles. The number of rotatable bonds is 6. The van der Waals surface area contributed by atoms with E-state index in [1.807, 2.05) is 20.8 Å². The van der Waals surface area contributed by atoms with E-state index < -0.39 is 5.97 Å². The van der Waals surface area contributed by atoms with E-state index in [1.165, 1.54) is 17.8 Å². The Labute approximate surface area is 137 Å². The molecule has 1 amide bonds. The number of nitrogens with one attached hydrogen (secondary N) is 1. The standard InChI is InChI=1S/C15H20BrNO3S/c1-5-15(3,4)17-13(18)9(2)21-12-8-10(16)6-7-11(12)14(19)20/h6-9H,5H2,1-4H3,(H,17,18)(H,19,20). The van der Waals surface area contributed by atoms with Crippen molar-refractivity contribution in [2.75, 3.05) is 0 Å². The van der Waals surface area contributed by atoms with Crippen molar-refractivity contribution in [1.29, 1.82) is 0 Å². The quantitative estimate of drug-likeness (QED) is 0.741. The van der Waals surface area contributed by atoms with E-state index in [0.29, 0.717) is 4.90 Å². The molecule has 0 aliphatic rings. The van der Waals surface area contributed by atoms with Gasteiger partial charge >= 0.3 is 5.97 Å². The minimum atomic E-state index is -0.994. The zero-order chi connectivity index (χ0) is 16.2. The number of hydrogen-bond acceptors (Lipinski definition) is 3. The van der Waals surface area contributed by atoms with Crippen LogP contribution in [0.5, 0.6) is 0 Å². The molecule has 116 valence electrons. The van der Waals surface area contributed by atoms with Crippen LogP contribution in [-0.4, -0.2) is 27.8 Å². The molecule has 0 fully saturated rings. The molecule has 0 aliphatic carbocycles. The van der Waals surface area contributed by atoms with Crippen molar-refractivity contribution in [3.63, 3.8) is 0 Å². The second-order valence-electron chi connectivity index (χ2n) is 5.43. The first kappa shape index (κ1) is 18.0. The Balaban J connectivity index is 2.88. The van der Waals surface area contributed by atoms with Gasteiger partial charge in [0.1, 0.15) is 0 Å². The van der Waals surface area contributed by atoms with Gasteiger partial charge in [-0.05, 0) is 45.4 Å². The lowest BCUT2D eigenvalue weighted by molar-refractivity contribution is -0.121. The van der Waals surface area contributed by atoms with Crippen LogP contribution in [0.3, 0.4) is 0 Å². The molecule has 0 spiro atoms. The minimum Gasteiger partial charge on any atom is -0.478 e. The number of carboxylic acid groups (broad SMARTS) is 1. The smallest absolute Gasteiger partial charge is 0.336 e. The number of halogens is 1. The predicted molar refractivity (Wildman–Crippen MR) is 88.9 cm³/mol. The highest BCUT2D eigenvalue weighted by Gasteiger charge is 2.24. The molecule has 0 bridgehead atoms. The molecule has 0 aromatic heterocycles. The first-order chi connectivity index (χ1) is 9.66. The Kier molecular flexibility index (Phi) is 6.28. The molecule has 0 heterocycles. The van der Waals surface area contributed by atoms with Gasteiger partial charge in [0.15, 0.2) is 0 Å². The maximum Gasteiger partial charge on any atom is 0.336 e. The molecule has 0 radical (unpaired) electrons. The lowest BCUT2D eigenvalue weighted by atomic mass is 10.0. The summed E-state index contributed by atoms with van der Waals surface area (Å²) in [6.45, 7) is 7.71. The number of amides is 1. The largest absolute Gasteiger partial charge is 0.478 e. The Hall–Kier alpha value is -1.01. The summed E-state index contributed by atoms with van der Waals surface area (Å²) in [5.74, 6) is -1.09. The molecular weight excluding hydrogens is 354 g/mol. The summed E-state index contributed by atoms with van der Waals surface area (Å²) in [5.41, 5.74) is -0.0590. The van der Waals surface area contributed by atoms with Gasteiger partial charge in [-0.15, -0.1) is 11.8 Å². The number of carboxylic acids is 1. The van der Waals surface area contributed by atoms with Crippen molar-refractivity contribution in [3.05, 3.63) is 28.2 Å². The fraction of sp³-hybridized carbons (Fsp3) is 0.467. The lowest BCUT2D eigenvalue weighted by Crippen LogP contribution is -2.46. The second-order valence-corrected chi connectivity index (χ2v) is 7.73. The summed E-state index contributed by atoms with van der Waals surface area (Å²) in [6.07, 6.45) is 0.827. The normalized spacial score (nSPS) is 12.8. The van der Waals surface area contributed by atoms with Gasteiger partial charge in [0, 0.05) is 14.9 Å². The van der Waals surface area contributed by atoms with Crippen molar-refractivity contribution in [2.24, 2.45) is 0 Å². The van der Waals surface area contributed by atoms with Crippen LogP contribution >= 0.6 is 27.7 Å². The molecular formula is C15H20BrNO3S. The molecule has 0 saturated heterocycles. The molecule has 1 aromatic carbocycles. The molecule has 1 atom stereocenters. The summed E-state index contributed by atoms with van der Waals surface area (Å²) in [7, 11) is 0. The van der Waals surface area contributed by atoms with E-state index in [4.69, 9.17) is 0 Å². The third-order valence-corrected chi connectivity index (χ3v) is 4.85. The summed E-state index contributed by atoms with van der Waals surface area (Å²) < 4.78 is 0.788. The van der Waals surface area contributed by atoms with Crippen molar-refractivity contribution in [1.82, 2.24) is 5.32 Å². The monoisotopic (exact) mass is 373 g/mol. The summed E-state index contributed by atoms with van der Waals surface area (Å²) in [4.78, 5) is 24.0. The van der Waals surface area contributed by atoms with Crippen LogP contribution in [0.15, 0.2) is 27.6 Å². The predicted octanol–water partition coefficient (Wildman–Crippen LogP) is 3.93. The summed E-state index contributed by atoms with van der Waals surface area (Å²) in [5, 5.41) is 11.8. The first-order valence-electron chi connectivity index (χ1n) is 6.68. The van der Waals surface area contributed by atoms with Gasteiger partial charge in [-0.3, -0.25) is 4.79 Å². The van der Waals surface area contributed by atoms with Gasteiger partial charge in [-0.25, -0.2) is 4.79 Å². The van der Waals surface area contributed by atoms with Crippen LogP contribution in [0, 0.1) is 0 Å². The molecule has 1 unspecified atom stereocenters. The van der Waals surface area contributed by atoms with Gasteiger partial charge in [0.05, 0.1) is 10.8 Å². The van der Waals surface area contributed by atoms with Crippen molar-refractivity contribution < 1.29 is 14.7 Å². The highest BCUT2D eigenvalue weighted by atomic mass is 79.9. The third kappa shape index (κ3) is 5.36. The van der Waals surface area contributed by atoms with Gasteiger partial charge in [0.2, 0.25) is 5.91 Å². The highest BCUT2D eigenvalue weighted by Crippen LogP contribution is 2.30. The third-order valence-electron chi connectivity index (χ3n) is 3.19. The van der Waals surface area contributed by atoms with Crippen LogP contribution in [0.1, 0.15) is 44.5 Å². The van der Waals surface area contributed by atoms with E-state index in [9.17, 15) is 14.7 Å². The summed E-state index contributed by atoms with van der Waals surface area (Å²) in [6, 6.07) is 4.94. The van der Waals surface area contributed by atoms with E-state index in [0.717, 1.165) is 10.9 Å². The minimum absolute atomic E-state index is 0.0943. The van der Waals surface area contributed by atoms with Gasteiger partial charge < -0.3 is 10.4 Å². The Morgan fingerprint density at radius 1 is 1.43 bits per heavy atom. The Morgan fingerprint density at radius 2 is 2.05 bits per heavy atom. The number of thioether (sulfide) groups is 1. The topological polar surface area (TPSA) is 66.4 Å². The average molecular weight is 374 g/mol. The zero-order valence-corrected chi connectivity index (χ0v) is 15.0. The van der Waals surface area contributed by atoms with Crippen LogP contribution in [0.2, 0.25) is 0 Å². The van der Waals surface area contributed by atoms with Crippen LogP contribution in [0.25, 0.3) is 0 Å². The van der Waals surface area contributed by atoms with E-state index in [-0.39, 0.29) is 22.3 Å². The molecule has 6 heteroatoms. The van der Waals surface area contributed by atoms with Crippen LogP contribution in [0.4, 0.5) is 0 Å². The molecule has 1 aromatic rings. The van der Waals surface area contributed by atoms with Crippen LogP contribution < -0.4 is 5.32 Å². The van der Waals surface area contributed by atoms with Crippen molar-refractivity contribution in [3.8, 4) is 0 Å². The fourth-order valence-electron chi connectivity index (χ4n) is 1.54. The number of carbonyl (C=O) groups is 2. The van der Waals surface area contributed by atoms with Gasteiger partial charge in [-0.1, -0.05) is 22.9 Å². The van der Waals surface area contributed by atoms with Crippen molar-refractivity contribution >= 4 is 39.6 Å². The maximum atomic E-state index is 12.2. The molecule has 21 heavy (non-hydrogen) atoms. The average Bonchev–Trinajstić information content (AvgIpc) is 2.37. The number of benzene rings is 1. The molecule has 4 nitrogen and oxygen atoms in total. The molecule has 1 rings (SSSR count). The number of aromatic carboxylic acids is 1. The SMILES string of the molecule is CCC(C)(C)NC(=O)C(C)Sc1cc(Br)ccc1C(=O)O. The Morgan fingerprint density at radius 3 is 2.57 bits per heavy atom. The maximum absolute atomic E-state index is 12.2. The zero-order valence-electron chi connectivity index (χ0n) is 12.6. The first-order valence-corrected chi connectivity index (χ1v) is 8.35. The fourth-order valence-corrected chi connectivity index (χ4v) is 3.07. The van der Waals surface area contributed by atoms with E-state index in [2.05, 4.69) is 21.2 Å². The van der Waals surface area contributed by atoms with E-state index >= 15 is 0 Å². The van der Waals surface area contributed by atoms with Gasteiger partial charge in [0.25, 0.3) is 0 Å². The summed E-state index contributed by atoms with van der Waals surface area (Å²) >= 11 is 4.57. The highest BCUT2D eigenvalue weighted by molar-refractivity contribution is 9.10. The van der Waals surface area contributed by atoms with Crippen molar-refractivity contribution in [2.45, 2.75) is 49.8 Å². The van der Waals surface area contributed by atoms with Gasteiger partial charge in [-0.2, -0.15) is 0 Å². The molecule has 0 saturated carbocycles. The second kappa shape index (κ2) is 7.31.